The number of rotatable bonds is 5. The van der Waals surface area contributed by atoms with Crippen molar-refractivity contribution in [1.29, 1.82) is 0 Å². The minimum atomic E-state index is -3.78. The first-order valence-electron chi connectivity index (χ1n) is 11.2. The van der Waals surface area contributed by atoms with E-state index in [1.807, 2.05) is 25.2 Å². The Morgan fingerprint density at radius 1 is 1.03 bits per heavy atom. The highest BCUT2D eigenvalue weighted by atomic mass is 32.2. The van der Waals surface area contributed by atoms with Crippen LogP contribution < -0.4 is 9.64 Å². The van der Waals surface area contributed by atoms with Gasteiger partial charge in [0.25, 0.3) is 0 Å². The average molecular weight is 483 g/mol. The van der Waals surface area contributed by atoms with E-state index in [1.54, 1.807) is 40.7 Å². The summed E-state index contributed by atoms with van der Waals surface area (Å²) in [4.78, 5) is 2.26. The van der Waals surface area contributed by atoms with Crippen molar-refractivity contribution >= 4 is 15.7 Å². The van der Waals surface area contributed by atoms with E-state index >= 15 is 0 Å². The molecule has 0 unspecified atom stereocenters. The molecule has 3 atom stereocenters. The molecular weight excluding hydrogens is 455 g/mol. The number of hydrogen-bond acceptors (Lipinski definition) is 5. The van der Waals surface area contributed by atoms with Crippen LogP contribution in [0.3, 0.4) is 0 Å². The molecule has 178 valence electrons. The summed E-state index contributed by atoms with van der Waals surface area (Å²) in [7, 11) is -0.303. The zero-order valence-electron chi connectivity index (χ0n) is 19.1. The summed E-state index contributed by atoms with van der Waals surface area (Å²) >= 11 is 0. The van der Waals surface area contributed by atoms with Crippen LogP contribution in [0.4, 0.5) is 10.1 Å². The van der Waals surface area contributed by atoms with E-state index in [-0.39, 0.29) is 29.3 Å². The number of nitrogens with zero attached hydrogens (tertiary/aromatic N) is 2. The molecule has 2 aliphatic heterocycles. The van der Waals surface area contributed by atoms with Gasteiger partial charge in [-0.15, -0.1) is 0 Å². The lowest BCUT2D eigenvalue weighted by Crippen LogP contribution is -2.48. The molecule has 0 amide bonds. The average Bonchev–Trinajstić information content (AvgIpc) is 3.31. The maximum Gasteiger partial charge on any atom is 0.243 e. The van der Waals surface area contributed by atoms with E-state index in [4.69, 9.17) is 4.74 Å². The van der Waals surface area contributed by atoms with Crippen LogP contribution >= 0.6 is 0 Å². The Morgan fingerprint density at radius 3 is 2.35 bits per heavy atom. The minimum Gasteiger partial charge on any atom is -0.497 e. The smallest absolute Gasteiger partial charge is 0.243 e. The number of benzene rings is 3. The first-order valence-corrected chi connectivity index (χ1v) is 12.7. The van der Waals surface area contributed by atoms with Gasteiger partial charge in [-0.1, -0.05) is 18.2 Å². The number of anilines is 1. The van der Waals surface area contributed by atoms with E-state index < -0.39 is 16.1 Å². The number of sulfonamides is 1. The summed E-state index contributed by atoms with van der Waals surface area (Å²) in [6.07, 6.45) is 0.649. The summed E-state index contributed by atoms with van der Waals surface area (Å²) in [5, 5.41) is 10.2. The van der Waals surface area contributed by atoms with Gasteiger partial charge in [-0.25, -0.2) is 12.8 Å². The maximum absolute atomic E-state index is 13.7. The van der Waals surface area contributed by atoms with Gasteiger partial charge in [0.15, 0.2) is 0 Å². The molecule has 8 heteroatoms. The van der Waals surface area contributed by atoms with Crippen molar-refractivity contribution < 1.29 is 22.7 Å². The highest BCUT2D eigenvalue weighted by Crippen LogP contribution is 2.51. The summed E-state index contributed by atoms with van der Waals surface area (Å²) in [5.74, 6) is 0.228. The molecule has 6 nitrogen and oxygen atoms in total. The largest absolute Gasteiger partial charge is 0.497 e. The highest BCUT2D eigenvalue weighted by molar-refractivity contribution is 7.89. The molecule has 0 bridgehead atoms. The van der Waals surface area contributed by atoms with Gasteiger partial charge in [0.05, 0.1) is 30.7 Å². The first kappa shape index (κ1) is 22.8. The van der Waals surface area contributed by atoms with E-state index in [1.165, 1.54) is 19.2 Å². The Kier molecular flexibility index (Phi) is 5.83. The molecule has 2 aliphatic rings. The summed E-state index contributed by atoms with van der Waals surface area (Å²) in [5.41, 5.74) is 3.54. The van der Waals surface area contributed by atoms with E-state index in [9.17, 15) is 17.9 Å². The van der Waals surface area contributed by atoms with Crippen LogP contribution in [0.15, 0.2) is 71.6 Å². The lowest BCUT2D eigenvalue weighted by Gasteiger charge is -2.44. The standard InChI is InChI=1S/C26H27FN2O4S/c1-28-24-12-5-18(17-3-6-19(27)7-4-17)15-23(24)26-22(25(28)16-30)13-14-29(26)34(31,32)21-10-8-20(33-2)9-11-21/h3-12,15,22,25-26,30H,13-14,16H2,1-2H3/t22-,25-,26-/m0/s1. The monoisotopic (exact) mass is 482 g/mol. The first-order chi connectivity index (χ1) is 16.3. The van der Waals surface area contributed by atoms with Gasteiger partial charge in [0, 0.05) is 25.2 Å². The second-order valence-electron chi connectivity index (χ2n) is 8.83. The molecule has 1 saturated heterocycles. The third-order valence-corrected chi connectivity index (χ3v) is 9.04. The molecule has 1 N–H and O–H groups in total. The molecule has 0 spiro atoms. The normalized spacial score (nSPS) is 22.4. The van der Waals surface area contributed by atoms with Crippen LogP contribution in [-0.2, 0) is 10.0 Å². The number of halogens is 1. The maximum atomic E-state index is 13.7. The minimum absolute atomic E-state index is 0.0565. The van der Waals surface area contributed by atoms with Crippen molar-refractivity contribution in [1.82, 2.24) is 4.31 Å². The number of fused-ring (bicyclic) bond motifs is 3. The molecule has 0 saturated carbocycles. The fourth-order valence-electron chi connectivity index (χ4n) is 5.39. The second kappa shape index (κ2) is 8.69. The van der Waals surface area contributed by atoms with Crippen LogP contribution in [0, 0.1) is 11.7 Å². The molecule has 34 heavy (non-hydrogen) atoms. The number of methoxy groups -OCH3 is 1. The molecule has 5 rings (SSSR count). The van der Waals surface area contributed by atoms with Gasteiger partial charge in [0.1, 0.15) is 11.6 Å². The second-order valence-corrected chi connectivity index (χ2v) is 10.7. The lowest BCUT2D eigenvalue weighted by molar-refractivity contribution is 0.193. The van der Waals surface area contributed by atoms with Gasteiger partial charge >= 0.3 is 0 Å². The van der Waals surface area contributed by atoms with Crippen molar-refractivity contribution in [2.75, 3.05) is 32.2 Å². The summed E-state index contributed by atoms with van der Waals surface area (Å²) < 4.78 is 47.7. The fraction of sp³-hybridized carbons (Fsp3) is 0.308. The predicted molar refractivity (Wildman–Crippen MR) is 129 cm³/mol. The van der Waals surface area contributed by atoms with Crippen molar-refractivity contribution in [3.8, 4) is 16.9 Å². The highest BCUT2D eigenvalue weighted by Gasteiger charge is 2.50. The van der Waals surface area contributed by atoms with Crippen LogP contribution in [0.5, 0.6) is 5.75 Å². The Balaban J connectivity index is 1.61. The van der Waals surface area contributed by atoms with Gasteiger partial charge in [0.2, 0.25) is 10.0 Å². The summed E-state index contributed by atoms with van der Waals surface area (Å²) in [6, 6.07) is 18.0. The molecule has 0 aliphatic carbocycles. The molecule has 0 radical (unpaired) electrons. The van der Waals surface area contributed by atoms with E-state index in [2.05, 4.69) is 4.90 Å². The lowest BCUT2D eigenvalue weighted by atomic mass is 9.81. The third kappa shape index (κ3) is 3.66. The van der Waals surface area contributed by atoms with Crippen molar-refractivity contribution in [3.05, 3.63) is 78.1 Å². The van der Waals surface area contributed by atoms with E-state index in [0.29, 0.717) is 18.7 Å². The quantitative estimate of drug-likeness (QED) is 0.594. The van der Waals surface area contributed by atoms with Crippen molar-refractivity contribution in [3.63, 3.8) is 0 Å². The van der Waals surface area contributed by atoms with Crippen LogP contribution in [0.25, 0.3) is 11.1 Å². The number of aliphatic hydroxyl groups excluding tert-OH is 1. The number of likely N-dealkylation sites (N-methyl/N-ethyl adjacent to an activating group) is 1. The molecular formula is C26H27FN2O4S. The van der Waals surface area contributed by atoms with Gasteiger partial charge in [-0.2, -0.15) is 4.31 Å². The van der Waals surface area contributed by atoms with E-state index in [0.717, 1.165) is 22.4 Å². The zero-order valence-corrected chi connectivity index (χ0v) is 19.9. The number of hydrogen-bond donors (Lipinski definition) is 1. The van der Waals surface area contributed by atoms with Gasteiger partial charge in [-0.3, -0.25) is 0 Å². The zero-order chi connectivity index (χ0) is 24.0. The number of ether oxygens (including phenoxy) is 1. The fourth-order valence-corrected chi connectivity index (χ4v) is 7.05. The van der Waals surface area contributed by atoms with Crippen LogP contribution in [0.1, 0.15) is 18.0 Å². The Bertz CT molecular complexity index is 1300. The Labute approximate surface area is 199 Å². The van der Waals surface area contributed by atoms with Gasteiger partial charge in [-0.05, 0) is 71.6 Å². The Hall–Kier alpha value is -2.94. The molecule has 2 heterocycles. The van der Waals surface area contributed by atoms with Crippen LogP contribution in [0.2, 0.25) is 0 Å². The Morgan fingerprint density at radius 2 is 1.71 bits per heavy atom. The van der Waals surface area contributed by atoms with Crippen molar-refractivity contribution in [2.45, 2.75) is 23.4 Å². The summed E-state index contributed by atoms with van der Waals surface area (Å²) in [6.45, 7) is 0.307. The molecule has 3 aromatic carbocycles. The van der Waals surface area contributed by atoms with Crippen molar-refractivity contribution in [2.24, 2.45) is 5.92 Å². The van der Waals surface area contributed by atoms with Gasteiger partial charge < -0.3 is 14.7 Å². The van der Waals surface area contributed by atoms with Crippen LogP contribution in [-0.4, -0.2) is 51.2 Å². The third-order valence-electron chi connectivity index (χ3n) is 7.15. The topological polar surface area (TPSA) is 70.1 Å². The predicted octanol–water partition coefficient (Wildman–Crippen LogP) is 4.06. The molecule has 0 aromatic heterocycles. The SMILES string of the molecule is COc1ccc(S(=O)(=O)N2CC[C@@H]3[C@H]2c2cc(-c4ccc(F)cc4)ccc2N(C)[C@H]3CO)cc1. The number of aliphatic hydroxyl groups is 1. The molecule has 1 fully saturated rings. The molecule has 3 aromatic rings.